The Morgan fingerprint density at radius 3 is 2.46 bits per heavy atom. The number of aliphatic hydroxyl groups is 1. The predicted molar refractivity (Wildman–Crippen MR) is 184 cm³/mol. The summed E-state index contributed by atoms with van der Waals surface area (Å²) in [5, 5.41) is 20.3. The number of rotatable bonds is 8. The molecule has 0 bridgehead atoms. The molecule has 0 spiro atoms. The molecule has 7 rings (SSSR count). The minimum Gasteiger partial charge on any atom is -0.391 e. The van der Waals surface area contributed by atoms with Crippen molar-refractivity contribution in [3.05, 3.63) is 77.3 Å². The zero-order valence-corrected chi connectivity index (χ0v) is 27.7. The maximum Gasteiger partial charge on any atom is 0.236 e. The number of aliphatic hydroxyl groups excluding tert-OH is 1. The summed E-state index contributed by atoms with van der Waals surface area (Å²) in [6.07, 6.45) is 4.91. The van der Waals surface area contributed by atoms with Crippen LogP contribution < -0.4 is 9.80 Å². The van der Waals surface area contributed by atoms with Crippen molar-refractivity contribution in [2.45, 2.75) is 25.9 Å². The van der Waals surface area contributed by atoms with Crippen LogP contribution in [0, 0.1) is 17.1 Å². The van der Waals surface area contributed by atoms with Crippen LogP contribution >= 0.6 is 11.3 Å². The van der Waals surface area contributed by atoms with Gasteiger partial charge in [-0.2, -0.15) is 5.26 Å². The van der Waals surface area contributed by atoms with Crippen LogP contribution in [0.4, 0.5) is 21.2 Å². The first-order valence-corrected chi connectivity index (χ1v) is 16.9. The Bertz CT molecular complexity index is 1980. The van der Waals surface area contributed by atoms with Crippen LogP contribution in [0.15, 0.2) is 60.9 Å². The van der Waals surface area contributed by atoms with E-state index in [9.17, 15) is 19.6 Å². The van der Waals surface area contributed by atoms with Crippen LogP contribution in [0.25, 0.3) is 28.0 Å². The molecule has 1 amide bonds. The third kappa shape index (κ3) is 6.22. The van der Waals surface area contributed by atoms with Gasteiger partial charge < -0.3 is 19.8 Å². The number of hydrogen-bond acceptors (Lipinski definition) is 10. The maximum atomic E-state index is 13.6. The summed E-state index contributed by atoms with van der Waals surface area (Å²) in [5.74, 6) is 1.51. The molecule has 48 heavy (non-hydrogen) atoms. The fourth-order valence-electron chi connectivity index (χ4n) is 6.40. The Labute approximate surface area is 282 Å². The van der Waals surface area contributed by atoms with E-state index in [1.165, 1.54) is 23.5 Å². The molecule has 1 N–H and O–H groups in total. The maximum absolute atomic E-state index is 13.6. The zero-order valence-electron chi connectivity index (χ0n) is 26.9. The van der Waals surface area contributed by atoms with Crippen molar-refractivity contribution in [1.82, 2.24) is 29.2 Å². The number of β-amino-alcohol motifs (C(OH)–C–C–N with tert-alkyl or cyclic N) is 1. The second kappa shape index (κ2) is 13.3. The van der Waals surface area contributed by atoms with E-state index in [1.54, 1.807) is 17.0 Å². The SMILES string of the molecule is CCc1nc2ccc(-c3ccc(N4CCN(CC(=O)N5CCC(O)C5)CC4)nc3)cn2c1N(C)c1nc(-c2ccc(F)cc2)c(C#N)s1. The summed E-state index contributed by atoms with van der Waals surface area (Å²) in [7, 11) is 1.92. The van der Waals surface area contributed by atoms with Gasteiger partial charge in [0, 0.05) is 75.4 Å². The van der Waals surface area contributed by atoms with Crippen molar-refractivity contribution in [3.63, 3.8) is 0 Å². The molecule has 11 nitrogen and oxygen atoms in total. The van der Waals surface area contributed by atoms with Crippen molar-refractivity contribution in [3.8, 4) is 28.5 Å². The summed E-state index contributed by atoms with van der Waals surface area (Å²) in [4.78, 5) is 35.7. The minimum absolute atomic E-state index is 0.0889. The average Bonchev–Trinajstić information content (AvgIpc) is 3.85. The lowest BCUT2D eigenvalue weighted by Crippen LogP contribution is -2.50. The van der Waals surface area contributed by atoms with Gasteiger partial charge in [0.2, 0.25) is 5.91 Å². The molecule has 246 valence electrons. The number of fused-ring (bicyclic) bond motifs is 1. The van der Waals surface area contributed by atoms with Crippen LogP contribution in [0.1, 0.15) is 23.9 Å². The van der Waals surface area contributed by atoms with E-state index in [4.69, 9.17) is 15.0 Å². The second-order valence-electron chi connectivity index (χ2n) is 12.2. The highest BCUT2D eigenvalue weighted by Crippen LogP contribution is 2.37. The Morgan fingerprint density at radius 1 is 1.04 bits per heavy atom. The Hall–Kier alpha value is -4.90. The number of aryl methyl sites for hydroxylation is 1. The summed E-state index contributed by atoms with van der Waals surface area (Å²) < 4.78 is 15.6. The van der Waals surface area contributed by atoms with Gasteiger partial charge >= 0.3 is 0 Å². The number of benzene rings is 1. The fourth-order valence-corrected chi connectivity index (χ4v) is 7.25. The average molecular weight is 666 g/mol. The highest BCUT2D eigenvalue weighted by molar-refractivity contribution is 7.16. The van der Waals surface area contributed by atoms with Gasteiger partial charge in [0.1, 0.15) is 39.7 Å². The number of thiazole rings is 1. The monoisotopic (exact) mass is 665 g/mol. The first kappa shape index (κ1) is 31.7. The van der Waals surface area contributed by atoms with E-state index in [2.05, 4.69) is 39.5 Å². The van der Waals surface area contributed by atoms with Crippen LogP contribution in [-0.4, -0.2) is 99.1 Å². The first-order valence-electron chi connectivity index (χ1n) is 16.1. The largest absolute Gasteiger partial charge is 0.391 e. The van der Waals surface area contributed by atoms with E-state index in [0.717, 1.165) is 60.3 Å². The predicted octanol–water partition coefficient (Wildman–Crippen LogP) is 4.58. The van der Waals surface area contributed by atoms with Crippen molar-refractivity contribution in [2.75, 3.05) is 62.7 Å². The number of piperazine rings is 1. The van der Waals surface area contributed by atoms with Crippen LogP contribution in [0.2, 0.25) is 0 Å². The molecule has 6 heterocycles. The molecule has 2 aliphatic heterocycles. The Kier molecular flexibility index (Phi) is 8.79. The number of likely N-dealkylation sites (tertiary alicyclic amines) is 1. The third-order valence-electron chi connectivity index (χ3n) is 9.09. The van der Waals surface area contributed by atoms with Crippen LogP contribution in [0.3, 0.4) is 0 Å². The molecule has 2 fully saturated rings. The number of nitriles is 1. The van der Waals surface area contributed by atoms with Crippen LogP contribution in [-0.2, 0) is 11.2 Å². The van der Waals surface area contributed by atoms with Gasteiger partial charge in [0.25, 0.3) is 0 Å². The number of pyridine rings is 2. The molecule has 2 saturated heterocycles. The normalized spacial score (nSPS) is 16.9. The standard InChI is InChI=1S/C35H36FN9O2S/c1-3-28-34(41(2)35-40-33(29(18-37)48-35)23-4-8-26(36)9-5-23)45-20-25(7-11-31(45)39-28)24-6-10-30(38-19-24)43-16-14-42(15-17-43)22-32(47)44-13-12-27(46)21-44/h4-11,19-20,27,46H,3,12-17,21-22H2,1-2H3. The van der Waals surface area contributed by atoms with E-state index >= 15 is 0 Å². The second-order valence-corrected chi connectivity index (χ2v) is 13.2. The van der Waals surface area contributed by atoms with E-state index in [1.807, 2.05) is 36.3 Å². The molecule has 1 aromatic carbocycles. The van der Waals surface area contributed by atoms with Gasteiger partial charge in [-0.15, -0.1) is 0 Å². The van der Waals surface area contributed by atoms with Crippen LogP contribution in [0.5, 0.6) is 0 Å². The number of aromatic nitrogens is 4. The number of hydrogen-bond donors (Lipinski definition) is 1. The molecule has 0 aliphatic carbocycles. The quantitative estimate of drug-likeness (QED) is 0.254. The van der Waals surface area contributed by atoms with Gasteiger partial charge in [-0.1, -0.05) is 18.3 Å². The molecule has 0 radical (unpaired) electrons. The number of anilines is 3. The molecule has 2 aliphatic rings. The minimum atomic E-state index is -0.398. The Balaban J connectivity index is 1.08. The lowest BCUT2D eigenvalue weighted by molar-refractivity contribution is -0.131. The molecule has 1 unspecified atom stereocenters. The van der Waals surface area contributed by atoms with E-state index in [-0.39, 0.29) is 11.7 Å². The van der Waals surface area contributed by atoms with Crippen molar-refractivity contribution in [2.24, 2.45) is 0 Å². The number of nitrogens with zero attached hydrogens (tertiary/aromatic N) is 9. The zero-order chi connectivity index (χ0) is 33.4. The van der Waals surface area contributed by atoms with Gasteiger partial charge in [-0.25, -0.2) is 19.3 Å². The number of imidazole rings is 1. The molecule has 1 atom stereocenters. The number of amides is 1. The van der Waals surface area contributed by atoms with Gasteiger partial charge in [0.15, 0.2) is 5.13 Å². The number of carbonyl (C=O) groups is 1. The molecule has 0 saturated carbocycles. The smallest absolute Gasteiger partial charge is 0.236 e. The van der Waals surface area contributed by atoms with E-state index < -0.39 is 6.10 Å². The Morgan fingerprint density at radius 2 is 1.79 bits per heavy atom. The van der Waals surface area contributed by atoms with Gasteiger partial charge in [0.05, 0.1) is 18.3 Å². The number of halogens is 1. The molecule has 4 aromatic heterocycles. The van der Waals surface area contributed by atoms with Gasteiger partial charge in [-0.05, 0) is 61.4 Å². The van der Waals surface area contributed by atoms with Crippen molar-refractivity contribution in [1.29, 1.82) is 5.26 Å². The molecular weight excluding hydrogens is 630 g/mol. The highest BCUT2D eigenvalue weighted by atomic mass is 32.1. The molecular formula is C35H36FN9O2S. The fraction of sp³-hybridized carbons (Fsp3) is 0.343. The van der Waals surface area contributed by atoms with E-state index in [0.29, 0.717) is 53.7 Å². The summed E-state index contributed by atoms with van der Waals surface area (Å²) in [5.41, 5.74) is 4.87. The lowest BCUT2D eigenvalue weighted by Gasteiger charge is -2.35. The first-order chi connectivity index (χ1) is 23.3. The summed E-state index contributed by atoms with van der Waals surface area (Å²) in [6, 6.07) is 16.4. The van der Waals surface area contributed by atoms with Gasteiger partial charge in [-0.3, -0.25) is 14.1 Å². The van der Waals surface area contributed by atoms with Crippen molar-refractivity contribution < 1.29 is 14.3 Å². The molecule has 5 aromatic rings. The highest BCUT2D eigenvalue weighted by Gasteiger charge is 2.27. The number of carbonyl (C=O) groups excluding carboxylic acids is 1. The lowest BCUT2D eigenvalue weighted by atomic mass is 10.1. The molecule has 13 heteroatoms. The topological polar surface area (TPSA) is 117 Å². The van der Waals surface area contributed by atoms with Crippen molar-refractivity contribution >= 4 is 39.7 Å². The summed E-state index contributed by atoms with van der Waals surface area (Å²) >= 11 is 1.29. The summed E-state index contributed by atoms with van der Waals surface area (Å²) in [6.45, 7) is 6.64. The third-order valence-corrected chi connectivity index (χ3v) is 10.1.